The molecule has 3 heterocycles. The van der Waals surface area contributed by atoms with Crippen LogP contribution in [0.5, 0.6) is 0 Å². The average Bonchev–Trinajstić information content (AvgIpc) is 2.95. The van der Waals surface area contributed by atoms with Gasteiger partial charge in [0.1, 0.15) is 39.8 Å². The van der Waals surface area contributed by atoms with Gasteiger partial charge in [-0.05, 0) is 45.0 Å². The number of carbonyl (C=O) groups is 3. The van der Waals surface area contributed by atoms with Gasteiger partial charge >= 0.3 is 6.09 Å². The highest BCUT2D eigenvalue weighted by Crippen LogP contribution is 2.31. The van der Waals surface area contributed by atoms with Crippen LogP contribution in [0.2, 0.25) is 0 Å². The summed E-state index contributed by atoms with van der Waals surface area (Å²) in [6.45, 7) is 8.22. The minimum atomic E-state index is -0.755. The van der Waals surface area contributed by atoms with Gasteiger partial charge in [0.2, 0.25) is 5.91 Å². The fraction of sp³-hybridized carbons (Fsp3) is 0.345. The van der Waals surface area contributed by atoms with E-state index in [0.29, 0.717) is 48.8 Å². The Balaban J connectivity index is 1.53. The van der Waals surface area contributed by atoms with Crippen molar-refractivity contribution in [3.63, 3.8) is 0 Å². The Bertz CT molecular complexity index is 1540. The van der Waals surface area contributed by atoms with Crippen LogP contribution in [-0.2, 0) is 9.53 Å². The quantitative estimate of drug-likeness (QED) is 0.377. The summed E-state index contributed by atoms with van der Waals surface area (Å²) in [6, 6.07) is 13.9. The number of pyridine rings is 1. The lowest BCUT2D eigenvalue weighted by molar-refractivity contribution is -0.114. The number of rotatable bonds is 5. The number of nitrogens with one attached hydrogen (secondary N) is 1. The molecule has 1 aliphatic heterocycles. The molecule has 1 saturated heterocycles. The number of aromatic nitrogens is 3. The van der Waals surface area contributed by atoms with E-state index in [4.69, 9.17) is 10.5 Å². The normalized spacial score (nSPS) is 14.1. The molecule has 12 nitrogen and oxygen atoms in total. The second kappa shape index (κ2) is 12.4. The molecule has 13 heteroatoms. The molecular weight excluding hydrogens is 556 g/mol. The minimum absolute atomic E-state index is 0.0161. The van der Waals surface area contributed by atoms with E-state index in [1.807, 2.05) is 20.8 Å². The fourth-order valence-corrected chi connectivity index (χ4v) is 4.55. The third-order valence-electron chi connectivity index (χ3n) is 6.28. The summed E-state index contributed by atoms with van der Waals surface area (Å²) in [4.78, 5) is 53.7. The number of hydrogen-bond donors (Lipinski definition) is 3. The smallest absolute Gasteiger partial charge is 0.410 e. The largest absolute Gasteiger partial charge is 0.444 e. The number of anilines is 2. The molecule has 0 radical (unpaired) electrons. The molecule has 4 rings (SSSR count). The topological polar surface area (TPSA) is 167 Å². The summed E-state index contributed by atoms with van der Waals surface area (Å²) in [5.41, 5.74) is 7.79. The number of nitriles is 1. The fourth-order valence-electron chi connectivity index (χ4n) is 4.29. The highest BCUT2D eigenvalue weighted by molar-refractivity contribution is 7.80. The number of nitrogens with two attached hydrogens (primary N) is 1. The van der Waals surface area contributed by atoms with Crippen molar-refractivity contribution in [2.75, 3.05) is 37.2 Å². The summed E-state index contributed by atoms with van der Waals surface area (Å²) >= 11 is 4.69. The van der Waals surface area contributed by atoms with Crippen LogP contribution in [0.1, 0.15) is 60.5 Å². The summed E-state index contributed by atoms with van der Waals surface area (Å²) in [5, 5.41) is 11.7. The monoisotopic (exact) mass is 588 g/mol. The van der Waals surface area contributed by atoms with E-state index in [-0.39, 0.29) is 34.7 Å². The number of carbonyl (C=O) groups excluding carboxylic acids is 3. The second-order valence-corrected chi connectivity index (χ2v) is 11.2. The summed E-state index contributed by atoms with van der Waals surface area (Å²) in [6.07, 6.45) is -0.405. The van der Waals surface area contributed by atoms with Gasteiger partial charge in [0.05, 0.1) is 11.4 Å². The number of ether oxygens (including phenoxy) is 1. The van der Waals surface area contributed by atoms with Crippen LogP contribution in [0.3, 0.4) is 0 Å². The molecule has 0 spiro atoms. The molecule has 1 aromatic carbocycles. The van der Waals surface area contributed by atoms with Crippen LogP contribution in [0.25, 0.3) is 11.3 Å². The zero-order chi connectivity index (χ0) is 30.6. The Morgan fingerprint density at radius 2 is 1.67 bits per heavy atom. The van der Waals surface area contributed by atoms with Gasteiger partial charge in [-0.2, -0.15) is 17.9 Å². The molecule has 1 atom stereocenters. The third-order valence-corrected chi connectivity index (χ3v) is 6.77. The van der Waals surface area contributed by atoms with Gasteiger partial charge in [-0.3, -0.25) is 9.59 Å². The Labute approximate surface area is 249 Å². The molecule has 3 amide bonds. The number of thiol groups is 1. The molecule has 2 aromatic heterocycles. The van der Waals surface area contributed by atoms with E-state index in [0.717, 1.165) is 0 Å². The van der Waals surface area contributed by atoms with Gasteiger partial charge in [0, 0.05) is 44.4 Å². The molecule has 1 fully saturated rings. The molecule has 3 aromatic rings. The molecule has 218 valence electrons. The molecule has 1 unspecified atom stereocenters. The lowest BCUT2D eigenvalue weighted by atomic mass is 10.1. The maximum absolute atomic E-state index is 13.3. The lowest BCUT2D eigenvalue weighted by Gasteiger charge is -2.35. The maximum Gasteiger partial charge on any atom is 0.410 e. The summed E-state index contributed by atoms with van der Waals surface area (Å²) in [7, 11) is 0. The van der Waals surface area contributed by atoms with Crippen LogP contribution in [0.4, 0.5) is 16.3 Å². The van der Waals surface area contributed by atoms with E-state index in [9.17, 15) is 19.6 Å². The molecule has 42 heavy (non-hydrogen) atoms. The first-order valence-electron chi connectivity index (χ1n) is 13.2. The van der Waals surface area contributed by atoms with Crippen LogP contribution in [0, 0.1) is 11.3 Å². The van der Waals surface area contributed by atoms with Crippen molar-refractivity contribution in [1.82, 2.24) is 24.8 Å². The van der Waals surface area contributed by atoms with E-state index in [1.165, 1.54) is 6.92 Å². The van der Waals surface area contributed by atoms with Crippen LogP contribution < -0.4 is 11.1 Å². The van der Waals surface area contributed by atoms with E-state index in [2.05, 4.69) is 39.0 Å². The van der Waals surface area contributed by atoms with Gasteiger partial charge in [-0.25, -0.2) is 19.7 Å². The average molecular weight is 589 g/mol. The van der Waals surface area contributed by atoms with Crippen molar-refractivity contribution < 1.29 is 19.1 Å². The summed E-state index contributed by atoms with van der Waals surface area (Å²) in [5.74, 6) is -0.291. The van der Waals surface area contributed by atoms with E-state index < -0.39 is 16.9 Å². The first kappa shape index (κ1) is 30.3. The first-order chi connectivity index (χ1) is 19.9. The van der Waals surface area contributed by atoms with Crippen molar-refractivity contribution in [3.8, 4) is 17.3 Å². The number of nitrogen functional groups attached to an aromatic ring is 1. The van der Waals surface area contributed by atoms with Crippen molar-refractivity contribution >= 4 is 42.0 Å². The highest BCUT2D eigenvalue weighted by Gasteiger charge is 2.29. The second-order valence-electron chi connectivity index (χ2n) is 10.7. The van der Waals surface area contributed by atoms with Gasteiger partial charge in [-0.1, -0.05) is 18.2 Å². The van der Waals surface area contributed by atoms with Crippen LogP contribution in [0.15, 0.2) is 42.5 Å². The number of amides is 3. The number of benzene rings is 1. The molecule has 0 saturated carbocycles. The minimum Gasteiger partial charge on any atom is -0.444 e. The molecule has 1 aliphatic rings. The predicted molar refractivity (Wildman–Crippen MR) is 160 cm³/mol. The lowest BCUT2D eigenvalue weighted by Crippen LogP contribution is -2.51. The Morgan fingerprint density at radius 1 is 1.02 bits per heavy atom. The zero-order valence-corrected chi connectivity index (χ0v) is 24.7. The van der Waals surface area contributed by atoms with Crippen LogP contribution >= 0.6 is 12.6 Å². The predicted octanol–water partition coefficient (Wildman–Crippen LogP) is 3.66. The molecule has 0 bridgehead atoms. The Morgan fingerprint density at radius 3 is 2.26 bits per heavy atom. The van der Waals surface area contributed by atoms with Gasteiger partial charge in [0.15, 0.2) is 0 Å². The molecule has 0 aliphatic carbocycles. The standard InChI is InChI=1S/C29H32N8O4S/c1-17(38)32-19-10-8-18(9-11-19)23-20(16-30)25(31)35-26(34-23)24(42)21-6-5-7-22(33-21)27(39)36-12-14-37(15-13-36)28(40)41-29(2,3)4/h5-11,24,42H,12-15H2,1-4H3,(H,32,38)(H2,31,34,35). The van der Waals surface area contributed by atoms with Crippen molar-refractivity contribution in [2.45, 2.75) is 38.5 Å². The van der Waals surface area contributed by atoms with E-state index >= 15 is 0 Å². The number of hydrogen-bond acceptors (Lipinski definition) is 10. The van der Waals surface area contributed by atoms with Gasteiger partial charge < -0.3 is 25.6 Å². The van der Waals surface area contributed by atoms with Gasteiger partial charge in [0.25, 0.3) is 5.91 Å². The molecular formula is C29H32N8O4S. The van der Waals surface area contributed by atoms with Crippen molar-refractivity contribution in [3.05, 3.63) is 65.2 Å². The third kappa shape index (κ3) is 7.13. The van der Waals surface area contributed by atoms with Crippen molar-refractivity contribution in [1.29, 1.82) is 5.26 Å². The Hall–Kier alpha value is -4.70. The highest BCUT2D eigenvalue weighted by atomic mass is 32.1. The zero-order valence-electron chi connectivity index (χ0n) is 23.8. The van der Waals surface area contributed by atoms with Crippen LogP contribution in [-0.4, -0.2) is 74.4 Å². The SMILES string of the molecule is CC(=O)Nc1ccc(-c2nc(C(S)c3cccc(C(=O)N4CCN(C(=O)OC(C)(C)C)CC4)n3)nc(N)c2C#N)cc1. The van der Waals surface area contributed by atoms with E-state index in [1.54, 1.807) is 52.3 Å². The molecule has 3 N–H and O–H groups in total. The number of nitrogens with zero attached hydrogens (tertiary/aromatic N) is 6. The maximum atomic E-state index is 13.3. The Kier molecular flexibility index (Phi) is 8.96. The van der Waals surface area contributed by atoms with Gasteiger partial charge in [-0.15, -0.1) is 0 Å². The number of piperazine rings is 1. The first-order valence-corrected chi connectivity index (χ1v) is 13.8. The van der Waals surface area contributed by atoms with Crippen molar-refractivity contribution in [2.24, 2.45) is 0 Å². The summed E-state index contributed by atoms with van der Waals surface area (Å²) < 4.78 is 5.43.